The molecule has 1 aromatic heterocycles. The van der Waals surface area contributed by atoms with E-state index < -0.39 is 64.6 Å². The van der Waals surface area contributed by atoms with Crippen molar-refractivity contribution in [2.45, 2.75) is 96.0 Å². The quantitative estimate of drug-likeness (QED) is 0.0397. The number of Topliss-reactive ketones (excluding diaryl/α,β-unsaturated/α-hetero) is 1. The number of thioether (sulfide) groups is 1. The van der Waals surface area contributed by atoms with Gasteiger partial charge in [0, 0.05) is 63.0 Å². The average molecular weight is 1130 g/mol. The number of aliphatic hydroxyl groups is 1. The van der Waals surface area contributed by atoms with E-state index in [0.717, 1.165) is 47.9 Å². The summed E-state index contributed by atoms with van der Waals surface area (Å²) in [4.78, 5) is 84.2. The molecule has 1 fully saturated rings. The van der Waals surface area contributed by atoms with E-state index in [2.05, 4.69) is 10.6 Å². The smallest absolute Gasteiger partial charge is 0.248 e. The van der Waals surface area contributed by atoms with Crippen molar-refractivity contribution in [1.82, 2.24) is 30.0 Å². The van der Waals surface area contributed by atoms with Gasteiger partial charge in [0.2, 0.25) is 29.5 Å². The second-order valence-corrected chi connectivity index (χ2v) is 20.2. The summed E-state index contributed by atoms with van der Waals surface area (Å²) in [7, 11) is 0. The largest absolute Gasteiger partial charge is 0.387 e. The van der Waals surface area contributed by atoms with Crippen molar-refractivity contribution < 1.29 is 61.6 Å². The molecule has 3 aromatic rings. The molecule has 4 rings (SSSR count). The van der Waals surface area contributed by atoms with Crippen molar-refractivity contribution in [3.05, 3.63) is 77.8 Å². The lowest BCUT2D eigenvalue weighted by Gasteiger charge is -2.40. The predicted octanol–water partition coefficient (Wildman–Crippen LogP) is 4.37. The Morgan fingerprint density at radius 2 is 1.51 bits per heavy atom. The zero-order valence-electron chi connectivity index (χ0n) is 43.9. The Labute approximate surface area is 461 Å². The van der Waals surface area contributed by atoms with Gasteiger partial charge in [0.25, 0.3) is 0 Å². The lowest BCUT2D eigenvalue weighted by Crippen LogP contribution is -2.48. The number of aromatic nitrogens is 2. The summed E-state index contributed by atoms with van der Waals surface area (Å²) in [6.07, 6.45) is 4.92. The van der Waals surface area contributed by atoms with Crippen molar-refractivity contribution in [3.8, 4) is 11.3 Å². The maximum absolute atomic E-state index is 15.1. The highest BCUT2D eigenvalue weighted by molar-refractivity contribution is 8.00. The van der Waals surface area contributed by atoms with Crippen LogP contribution in [0.3, 0.4) is 0 Å². The van der Waals surface area contributed by atoms with Crippen molar-refractivity contribution >= 4 is 71.9 Å². The van der Waals surface area contributed by atoms with Crippen LogP contribution >= 0.6 is 36.6 Å². The molecule has 1 saturated heterocycles. The number of imide groups is 1. The van der Waals surface area contributed by atoms with E-state index >= 15 is 4.39 Å². The summed E-state index contributed by atoms with van der Waals surface area (Å²) in [5.74, 6) is -2.97. The summed E-state index contributed by atoms with van der Waals surface area (Å²) in [6.45, 7) is 8.83. The van der Waals surface area contributed by atoms with Gasteiger partial charge in [-0.3, -0.25) is 33.7 Å². The Morgan fingerprint density at radius 1 is 0.868 bits per heavy atom. The molecule has 0 aliphatic carbocycles. The molecule has 0 bridgehead atoms. The number of carbonyl (C=O) groups is 6. The fourth-order valence-electron chi connectivity index (χ4n) is 8.04. The minimum atomic E-state index is -1.10. The van der Waals surface area contributed by atoms with Crippen LogP contribution in [0.15, 0.2) is 54.7 Å². The van der Waals surface area contributed by atoms with Gasteiger partial charge in [0.05, 0.1) is 82.4 Å². The Morgan fingerprint density at radius 3 is 2.16 bits per heavy atom. The van der Waals surface area contributed by atoms with Crippen LogP contribution < -0.4 is 22.1 Å². The van der Waals surface area contributed by atoms with Crippen molar-refractivity contribution in [3.63, 3.8) is 0 Å². The highest BCUT2D eigenvalue weighted by Gasteiger charge is 2.40. The molecule has 0 saturated carbocycles. The van der Waals surface area contributed by atoms with Crippen LogP contribution in [0.1, 0.15) is 89.6 Å². The maximum Gasteiger partial charge on any atom is 0.248 e. The molecule has 2 unspecified atom stereocenters. The number of benzene rings is 2. The fraction of sp³-hybridized carbons (Fsp3) is 0.596. The third kappa shape index (κ3) is 23.5. The third-order valence-electron chi connectivity index (χ3n) is 11.9. The zero-order chi connectivity index (χ0) is 53.9. The Balaban J connectivity index is 0.00000988. The van der Waals surface area contributed by atoms with Crippen LogP contribution in [0.2, 0.25) is 0 Å². The molecule has 7 N–H and O–H groups in total. The number of imidazole rings is 1. The number of nitrogens with zero attached hydrogens (tertiary/aromatic N) is 4. The predicted molar refractivity (Wildman–Crippen MR) is 290 cm³/mol. The van der Waals surface area contributed by atoms with Crippen LogP contribution in [0.4, 0.5) is 8.78 Å². The first-order valence-corrected chi connectivity index (χ1v) is 26.3. The molecule has 0 radical (unpaired) electrons. The summed E-state index contributed by atoms with van der Waals surface area (Å²) in [6, 6.07) is 10.5. The number of rotatable bonds is 37. The first kappa shape index (κ1) is 67.5. The van der Waals surface area contributed by atoms with Crippen molar-refractivity contribution in [1.29, 1.82) is 0 Å². The summed E-state index contributed by atoms with van der Waals surface area (Å²) in [5.41, 5.74) is 12.0. The second kappa shape index (κ2) is 36.5. The summed E-state index contributed by atoms with van der Waals surface area (Å²) in [5, 5.41) is 15.1. The van der Waals surface area contributed by atoms with Gasteiger partial charge in [-0.2, -0.15) is 0 Å². The molecule has 2 heterocycles. The van der Waals surface area contributed by atoms with Gasteiger partial charge in [-0.05, 0) is 61.4 Å². The Bertz CT molecular complexity index is 2250. The average Bonchev–Trinajstić information content (AvgIpc) is 3.89. The molecule has 19 nitrogen and oxygen atoms in total. The molecular weight excluding hydrogens is 1050 g/mol. The van der Waals surface area contributed by atoms with Gasteiger partial charge in [-0.25, -0.2) is 13.8 Å². The molecule has 3 atom stereocenters. The molecule has 2 aromatic carbocycles. The van der Waals surface area contributed by atoms with E-state index in [4.69, 9.17) is 35.4 Å². The highest BCUT2D eigenvalue weighted by Crippen LogP contribution is 2.39. The lowest BCUT2D eigenvalue weighted by molar-refractivity contribution is -0.142. The van der Waals surface area contributed by atoms with Crippen LogP contribution in [0.5, 0.6) is 0 Å². The van der Waals surface area contributed by atoms with Gasteiger partial charge in [0.15, 0.2) is 5.78 Å². The van der Waals surface area contributed by atoms with E-state index in [1.165, 1.54) is 16.7 Å². The van der Waals surface area contributed by atoms with Gasteiger partial charge < -0.3 is 55.6 Å². The standard InChI is InChI=1S/C52H76F2N8O11S.2ClH/c1-52(2,3)48(49-59-43(40-31-38(53)14-15-41(40)54)35-60(49)33-37-11-6-4-7-12-37)61(47(67)36-63)21-16-42(56)50(68)58-20-10-13-39(64)34-62-46(66)32-44(51(62)69)74-30-29-73-28-27-72-26-25-71-24-23-70-22-17-45(65)57-19-9-5-8-18-55;;/h4,6-7,11-12,14-15,31,35,42,44,48,63H,5,8-10,13,16-30,32-34,36,55-56H2,1-3H3,(H,57,65)(H,58,68);2*1H/t42?,44?,48-;;/m0../s1. The SMILES string of the molecule is CC(C)(C)[C@H](c1nc(-c2cc(F)ccc2F)cn1Cc1ccccc1)N(CCC(N)C(=O)NCCCC(=O)CN1C(=O)CC(SCCOCCOCCOCCOCCC(=O)NCCCCCN)C1=O)C(=O)CO.Cl.Cl. The first-order chi connectivity index (χ1) is 35.5. The lowest BCUT2D eigenvalue weighted by atomic mass is 9.84. The number of aliphatic hydroxyl groups excluding tert-OH is 1. The van der Waals surface area contributed by atoms with E-state index in [-0.39, 0.29) is 99.6 Å². The Hall–Kier alpha value is -4.62. The molecule has 426 valence electrons. The normalized spacial score (nSPS) is 14.2. The van der Waals surface area contributed by atoms with Gasteiger partial charge in [-0.1, -0.05) is 57.5 Å². The molecule has 24 heteroatoms. The van der Waals surface area contributed by atoms with Gasteiger partial charge in [0.1, 0.15) is 24.1 Å². The molecular formula is C52H78Cl2F2N8O11S. The van der Waals surface area contributed by atoms with E-state index in [0.29, 0.717) is 83.9 Å². The minimum Gasteiger partial charge on any atom is -0.387 e. The van der Waals surface area contributed by atoms with E-state index in [9.17, 15) is 38.3 Å². The second-order valence-electron chi connectivity index (χ2n) is 18.8. The maximum atomic E-state index is 15.1. The monoisotopic (exact) mass is 1130 g/mol. The third-order valence-corrected chi connectivity index (χ3v) is 13.0. The van der Waals surface area contributed by atoms with Crippen LogP contribution in [-0.2, 0) is 54.3 Å². The van der Waals surface area contributed by atoms with Gasteiger partial charge >= 0.3 is 0 Å². The van der Waals surface area contributed by atoms with Crippen LogP contribution in [-0.4, -0.2) is 169 Å². The number of hydrogen-bond acceptors (Lipinski definition) is 15. The number of ether oxygens (including phenoxy) is 4. The topological polar surface area (TPSA) is 260 Å². The number of likely N-dealkylation sites (tertiary alicyclic amines) is 1. The number of hydrogen-bond donors (Lipinski definition) is 5. The summed E-state index contributed by atoms with van der Waals surface area (Å²) < 4.78 is 53.2. The number of carbonyl (C=O) groups excluding carboxylic acids is 6. The molecule has 1 aliphatic rings. The molecule has 1 aliphatic heterocycles. The van der Waals surface area contributed by atoms with E-state index in [1.807, 2.05) is 51.1 Å². The first-order valence-electron chi connectivity index (χ1n) is 25.3. The fourth-order valence-corrected chi connectivity index (χ4v) is 9.07. The minimum absolute atomic E-state index is 0. The number of nitrogens with one attached hydrogen (secondary N) is 2. The van der Waals surface area contributed by atoms with Crippen LogP contribution in [0, 0.1) is 17.0 Å². The van der Waals surface area contributed by atoms with Crippen molar-refractivity contribution in [2.24, 2.45) is 16.9 Å². The number of nitrogens with two attached hydrogens (primary N) is 2. The van der Waals surface area contributed by atoms with Gasteiger partial charge in [-0.15, -0.1) is 36.6 Å². The number of ketones is 1. The highest BCUT2D eigenvalue weighted by atomic mass is 35.5. The van der Waals surface area contributed by atoms with Crippen LogP contribution in [0.25, 0.3) is 11.3 Å². The Kier molecular flexibility index (Phi) is 32.4. The molecule has 76 heavy (non-hydrogen) atoms. The van der Waals surface area contributed by atoms with E-state index in [1.54, 1.807) is 10.8 Å². The number of halogens is 4. The number of amides is 5. The van der Waals surface area contributed by atoms with Crippen molar-refractivity contribution in [2.75, 3.05) is 97.9 Å². The molecule has 5 amide bonds. The zero-order valence-corrected chi connectivity index (χ0v) is 46.3. The summed E-state index contributed by atoms with van der Waals surface area (Å²) >= 11 is 1.29. The molecule has 0 spiro atoms. The number of unbranched alkanes of at least 4 members (excludes halogenated alkanes) is 2.